The molecule has 1 fully saturated rings. The second-order valence-electron chi connectivity index (χ2n) is 4.60. The van der Waals surface area contributed by atoms with Crippen molar-refractivity contribution in [1.29, 1.82) is 0 Å². The van der Waals surface area contributed by atoms with Gasteiger partial charge in [0.25, 0.3) is 0 Å². The summed E-state index contributed by atoms with van der Waals surface area (Å²) in [5, 5.41) is 0. The van der Waals surface area contributed by atoms with Gasteiger partial charge >= 0.3 is 5.97 Å². The monoisotopic (exact) mass is 247 g/mol. The van der Waals surface area contributed by atoms with Crippen molar-refractivity contribution in [3.05, 3.63) is 41.5 Å². The highest BCUT2D eigenvalue weighted by Gasteiger charge is 2.18. The Kier molecular flexibility index (Phi) is 4.76. The van der Waals surface area contributed by atoms with E-state index in [4.69, 9.17) is 9.78 Å². The van der Waals surface area contributed by atoms with E-state index in [-0.39, 0.29) is 0 Å². The minimum absolute atomic E-state index is 0.421. The highest BCUT2D eigenvalue weighted by molar-refractivity contribution is 5.88. The number of carbonyl (C=O) groups is 1. The third-order valence-electron chi connectivity index (χ3n) is 3.24. The molecule has 0 unspecified atom stereocenters. The van der Waals surface area contributed by atoms with Crippen LogP contribution in [0, 0.1) is 6.10 Å². The van der Waals surface area contributed by atoms with Crippen molar-refractivity contribution in [2.45, 2.75) is 45.4 Å². The molecule has 0 bridgehead atoms. The number of benzene rings is 1. The second kappa shape index (κ2) is 6.55. The third-order valence-corrected chi connectivity index (χ3v) is 3.24. The Hall–Kier alpha value is -1.35. The second-order valence-corrected chi connectivity index (χ2v) is 4.60. The Morgan fingerprint density at radius 3 is 2.39 bits per heavy atom. The van der Waals surface area contributed by atoms with Crippen molar-refractivity contribution in [3.63, 3.8) is 0 Å². The maximum absolute atomic E-state index is 11.7. The molecule has 1 aliphatic carbocycles. The number of aryl methyl sites for hydroxylation is 1. The first-order chi connectivity index (χ1) is 8.79. The van der Waals surface area contributed by atoms with Gasteiger partial charge in [0.2, 0.25) is 0 Å². The lowest BCUT2D eigenvalue weighted by Crippen LogP contribution is -2.13. The van der Waals surface area contributed by atoms with Crippen molar-refractivity contribution in [3.8, 4) is 0 Å². The van der Waals surface area contributed by atoms with Gasteiger partial charge in [-0.05, 0) is 37.0 Å². The molecular weight excluding hydrogens is 228 g/mol. The van der Waals surface area contributed by atoms with Gasteiger partial charge in [0.15, 0.2) is 0 Å². The molecule has 3 heteroatoms. The van der Waals surface area contributed by atoms with Crippen LogP contribution >= 0.6 is 0 Å². The summed E-state index contributed by atoms with van der Waals surface area (Å²) in [4.78, 5) is 21.7. The molecule has 0 atom stereocenters. The van der Waals surface area contributed by atoms with E-state index in [0.717, 1.165) is 38.2 Å². The standard InChI is InChI=1S/C15H19O3/c1-2-12-8-10-13(11-9-12)15(16)18-17-14-6-4-3-5-7-14/h8-11H,2-7H2,1H3. The van der Waals surface area contributed by atoms with Crippen LogP contribution in [0.1, 0.15) is 54.9 Å². The van der Waals surface area contributed by atoms with Crippen LogP contribution < -0.4 is 0 Å². The van der Waals surface area contributed by atoms with E-state index in [1.807, 2.05) is 12.1 Å². The van der Waals surface area contributed by atoms with Gasteiger partial charge in [-0.25, -0.2) is 4.79 Å². The van der Waals surface area contributed by atoms with Crippen LogP contribution in [0.15, 0.2) is 24.3 Å². The summed E-state index contributed by atoms with van der Waals surface area (Å²) in [6.07, 6.45) is 7.14. The van der Waals surface area contributed by atoms with E-state index in [9.17, 15) is 4.79 Å². The van der Waals surface area contributed by atoms with Gasteiger partial charge in [0.1, 0.15) is 6.10 Å². The summed E-state index contributed by atoms with van der Waals surface area (Å²) in [7, 11) is 0. The molecule has 1 aromatic carbocycles. The third kappa shape index (κ3) is 3.57. The van der Waals surface area contributed by atoms with Crippen molar-refractivity contribution < 1.29 is 14.6 Å². The van der Waals surface area contributed by atoms with Gasteiger partial charge in [0.05, 0.1) is 5.56 Å². The van der Waals surface area contributed by atoms with E-state index in [1.165, 1.54) is 12.0 Å². The van der Waals surface area contributed by atoms with Crippen LogP contribution in [-0.2, 0) is 16.2 Å². The van der Waals surface area contributed by atoms with Gasteiger partial charge in [-0.15, -0.1) is 0 Å². The van der Waals surface area contributed by atoms with Gasteiger partial charge in [-0.2, -0.15) is 4.89 Å². The zero-order chi connectivity index (χ0) is 12.8. The lowest BCUT2D eigenvalue weighted by molar-refractivity contribution is -0.239. The summed E-state index contributed by atoms with van der Waals surface area (Å²) in [5.74, 6) is -0.421. The largest absolute Gasteiger partial charge is 0.373 e. The minimum atomic E-state index is -0.421. The maximum Gasteiger partial charge on any atom is 0.373 e. The Morgan fingerprint density at radius 2 is 1.78 bits per heavy atom. The van der Waals surface area contributed by atoms with E-state index in [2.05, 4.69) is 6.92 Å². The molecule has 0 heterocycles. The fraction of sp³-hybridized carbons (Fsp3) is 0.467. The number of hydrogen-bond donors (Lipinski definition) is 0. The summed E-state index contributed by atoms with van der Waals surface area (Å²) >= 11 is 0. The van der Waals surface area contributed by atoms with E-state index in [1.54, 1.807) is 12.1 Å². The molecule has 3 nitrogen and oxygen atoms in total. The average molecular weight is 247 g/mol. The first-order valence-corrected chi connectivity index (χ1v) is 6.62. The fourth-order valence-corrected chi connectivity index (χ4v) is 2.05. The van der Waals surface area contributed by atoms with Crippen molar-refractivity contribution in [2.75, 3.05) is 0 Å². The zero-order valence-electron chi connectivity index (χ0n) is 10.8. The molecule has 0 amide bonds. The maximum atomic E-state index is 11.7. The van der Waals surface area contributed by atoms with Crippen LogP contribution in [0.5, 0.6) is 0 Å². The Morgan fingerprint density at radius 1 is 1.11 bits per heavy atom. The minimum Gasteiger partial charge on any atom is -0.292 e. The molecule has 0 saturated heterocycles. The summed E-state index contributed by atoms with van der Waals surface area (Å²) in [6.45, 7) is 2.08. The molecule has 97 valence electrons. The SMILES string of the molecule is CCc1ccc(C(=O)OO[C]2CCCCC2)cc1. The lowest BCUT2D eigenvalue weighted by atomic mass is 9.98. The van der Waals surface area contributed by atoms with Gasteiger partial charge < -0.3 is 0 Å². The van der Waals surface area contributed by atoms with Crippen LogP contribution in [0.3, 0.4) is 0 Å². The Bertz CT molecular complexity index is 377. The molecular formula is C15H19O3. The topological polar surface area (TPSA) is 35.5 Å². The van der Waals surface area contributed by atoms with Gasteiger partial charge in [-0.1, -0.05) is 38.3 Å². The molecule has 1 radical (unpaired) electrons. The smallest absolute Gasteiger partial charge is 0.292 e. The van der Waals surface area contributed by atoms with Gasteiger partial charge in [-0.3, -0.25) is 4.89 Å². The van der Waals surface area contributed by atoms with E-state index < -0.39 is 5.97 Å². The Labute approximate surface area is 108 Å². The molecule has 0 spiro atoms. The fourth-order valence-electron chi connectivity index (χ4n) is 2.05. The van der Waals surface area contributed by atoms with Crippen molar-refractivity contribution in [2.24, 2.45) is 0 Å². The van der Waals surface area contributed by atoms with Crippen LogP contribution in [0.4, 0.5) is 0 Å². The molecule has 1 aromatic rings. The molecule has 0 aliphatic heterocycles. The quantitative estimate of drug-likeness (QED) is 0.599. The molecule has 0 N–H and O–H groups in total. The lowest BCUT2D eigenvalue weighted by Gasteiger charge is -2.18. The van der Waals surface area contributed by atoms with E-state index in [0.29, 0.717) is 5.56 Å². The summed E-state index contributed by atoms with van der Waals surface area (Å²) in [5.41, 5.74) is 1.73. The summed E-state index contributed by atoms with van der Waals surface area (Å²) < 4.78 is 0. The van der Waals surface area contributed by atoms with Crippen LogP contribution in [-0.4, -0.2) is 5.97 Å². The zero-order valence-corrected chi connectivity index (χ0v) is 10.8. The molecule has 1 saturated carbocycles. The first kappa shape index (κ1) is 13.1. The molecule has 2 rings (SSSR count). The van der Waals surface area contributed by atoms with Gasteiger partial charge in [0, 0.05) is 0 Å². The van der Waals surface area contributed by atoms with Crippen LogP contribution in [0.25, 0.3) is 0 Å². The number of carbonyl (C=O) groups excluding carboxylic acids is 1. The normalized spacial score (nSPS) is 16.5. The molecule has 0 aromatic heterocycles. The number of rotatable bonds is 4. The summed E-state index contributed by atoms with van der Waals surface area (Å²) in [6, 6.07) is 7.42. The Balaban J connectivity index is 1.82. The van der Waals surface area contributed by atoms with Crippen molar-refractivity contribution in [1.82, 2.24) is 0 Å². The van der Waals surface area contributed by atoms with Crippen LogP contribution in [0.2, 0.25) is 0 Å². The first-order valence-electron chi connectivity index (χ1n) is 6.62. The predicted octanol–water partition coefficient (Wildman–Crippen LogP) is 3.83. The average Bonchev–Trinajstić information content (AvgIpc) is 2.46. The highest BCUT2D eigenvalue weighted by Crippen LogP contribution is 2.26. The highest BCUT2D eigenvalue weighted by atomic mass is 17.2. The van der Waals surface area contributed by atoms with E-state index >= 15 is 0 Å². The number of hydrogen-bond acceptors (Lipinski definition) is 3. The molecule has 1 aliphatic rings. The predicted molar refractivity (Wildman–Crippen MR) is 68.6 cm³/mol. The molecule has 18 heavy (non-hydrogen) atoms. The van der Waals surface area contributed by atoms with Crippen molar-refractivity contribution >= 4 is 5.97 Å².